The van der Waals surface area contributed by atoms with Gasteiger partial charge in [-0.1, -0.05) is 19.1 Å². The van der Waals surface area contributed by atoms with Crippen LogP contribution in [0.15, 0.2) is 76.1 Å². The molecule has 0 spiro atoms. The van der Waals surface area contributed by atoms with Crippen molar-refractivity contribution in [3.63, 3.8) is 0 Å². The molecule has 4 rings (SSSR count). The van der Waals surface area contributed by atoms with Gasteiger partial charge >= 0.3 is 0 Å². The molecule has 2 aromatic carbocycles. The van der Waals surface area contributed by atoms with Crippen LogP contribution >= 0.6 is 0 Å². The van der Waals surface area contributed by atoms with E-state index in [0.29, 0.717) is 23.3 Å². The molecule has 29 heavy (non-hydrogen) atoms. The maximum atomic E-state index is 13.4. The van der Waals surface area contributed by atoms with Crippen LogP contribution in [0.1, 0.15) is 31.0 Å². The van der Waals surface area contributed by atoms with Crippen molar-refractivity contribution in [2.24, 2.45) is 0 Å². The zero-order chi connectivity index (χ0) is 20.2. The zero-order valence-corrected chi connectivity index (χ0v) is 16.5. The predicted octanol–water partition coefficient (Wildman–Crippen LogP) is 4.23. The van der Waals surface area contributed by atoms with Crippen molar-refractivity contribution in [1.29, 1.82) is 0 Å². The Bertz CT molecular complexity index is 1150. The van der Waals surface area contributed by atoms with E-state index in [4.69, 9.17) is 14.1 Å². The highest BCUT2D eigenvalue weighted by molar-refractivity contribution is 5.77. The Morgan fingerprint density at radius 3 is 2.59 bits per heavy atom. The number of methoxy groups -OCH3 is 1. The summed E-state index contributed by atoms with van der Waals surface area (Å²) in [6.45, 7) is 2.62. The zero-order valence-electron chi connectivity index (χ0n) is 16.5. The summed E-state index contributed by atoms with van der Waals surface area (Å²) in [5, 5.41) is 4.06. The third kappa shape index (κ3) is 3.79. The average Bonchev–Trinajstić information content (AvgIpc) is 3.28. The maximum absolute atomic E-state index is 13.4. The fraction of sp³-hybridized carbons (Fsp3) is 0.217. The Morgan fingerprint density at radius 1 is 1.10 bits per heavy atom. The molecule has 148 valence electrons. The minimum atomic E-state index is -0.125. The minimum absolute atomic E-state index is 0.0889. The number of ether oxygens (including phenoxy) is 1. The summed E-state index contributed by atoms with van der Waals surface area (Å²) in [7, 11) is 1.62. The third-order valence-electron chi connectivity index (χ3n) is 4.95. The number of para-hydroxylation sites is 1. The number of furan rings is 1. The van der Waals surface area contributed by atoms with Gasteiger partial charge in [-0.3, -0.25) is 9.36 Å². The fourth-order valence-electron chi connectivity index (χ4n) is 3.42. The smallest absolute Gasteiger partial charge is 0.266 e. The van der Waals surface area contributed by atoms with Gasteiger partial charge in [-0.05, 0) is 55.0 Å². The van der Waals surface area contributed by atoms with Crippen molar-refractivity contribution in [3.8, 4) is 11.4 Å². The van der Waals surface area contributed by atoms with E-state index < -0.39 is 0 Å². The van der Waals surface area contributed by atoms with Crippen molar-refractivity contribution < 1.29 is 9.15 Å². The van der Waals surface area contributed by atoms with E-state index in [0.717, 1.165) is 23.6 Å². The SMILES string of the molecule is CCC(NCc1ccco1)c1nc2ccccc2c(=O)n1-c1ccc(OC)cc1. The Morgan fingerprint density at radius 2 is 1.90 bits per heavy atom. The van der Waals surface area contributed by atoms with Gasteiger partial charge in [0.2, 0.25) is 0 Å². The highest BCUT2D eigenvalue weighted by atomic mass is 16.5. The quantitative estimate of drug-likeness (QED) is 0.512. The molecule has 1 N–H and O–H groups in total. The van der Waals surface area contributed by atoms with Gasteiger partial charge in [0.05, 0.1) is 42.5 Å². The average molecular weight is 389 g/mol. The Labute approximate surface area is 168 Å². The molecule has 0 aliphatic heterocycles. The van der Waals surface area contributed by atoms with E-state index in [1.165, 1.54) is 0 Å². The van der Waals surface area contributed by atoms with Crippen LogP contribution in [-0.2, 0) is 6.54 Å². The molecule has 0 amide bonds. The molecule has 1 unspecified atom stereocenters. The van der Waals surface area contributed by atoms with Crippen LogP contribution in [-0.4, -0.2) is 16.7 Å². The fourth-order valence-corrected chi connectivity index (χ4v) is 3.42. The van der Waals surface area contributed by atoms with Gasteiger partial charge in [0.25, 0.3) is 5.56 Å². The first kappa shape index (κ1) is 19.0. The summed E-state index contributed by atoms with van der Waals surface area (Å²) in [4.78, 5) is 18.3. The molecule has 6 heteroatoms. The van der Waals surface area contributed by atoms with E-state index in [1.807, 2.05) is 60.7 Å². The molecule has 4 aromatic rings. The second-order valence-corrected chi connectivity index (χ2v) is 6.75. The molecule has 0 saturated carbocycles. The van der Waals surface area contributed by atoms with E-state index in [9.17, 15) is 4.79 Å². The highest BCUT2D eigenvalue weighted by Crippen LogP contribution is 2.22. The van der Waals surface area contributed by atoms with E-state index in [2.05, 4.69) is 12.2 Å². The molecule has 2 aromatic heterocycles. The molecule has 2 heterocycles. The standard InChI is InChI=1S/C23H23N3O3/c1-3-20(24-15-18-7-6-14-29-18)22-25-21-9-5-4-8-19(21)23(27)26(22)16-10-12-17(28-2)13-11-16/h4-14,20,24H,3,15H2,1-2H3. The highest BCUT2D eigenvalue weighted by Gasteiger charge is 2.20. The first-order valence-electron chi connectivity index (χ1n) is 9.63. The van der Waals surface area contributed by atoms with E-state index in [-0.39, 0.29) is 11.6 Å². The number of fused-ring (bicyclic) bond motifs is 1. The number of hydrogen-bond acceptors (Lipinski definition) is 5. The molecule has 0 aliphatic carbocycles. The Balaban J connectivity index is 1.84. The molecule has 0 fully saturated rings. The summed E-state index contributed by atoms with van der Waals surface area (Å²) in [5.41, 5.74) is 1.35. The van der Waals surface area contributed by atoms with Gasteiger partial charge in [0.15, 0.2) is 0 Å². The Hall–Kier alpha value is -3.38. The lowest BCUT2D eigenvalue weighted by atomic mass is 10.1. The van der Waals surface area contributed by atoms with Crippen LogP contribution < -0.4 is 15.6 Å². The van der Waals surface area contributed by atoms with Crippen molar-refractivity contribution in [1.82, 2.24) is 14.9 Å². The molecule has 0 radical (unpaired) electrons. The monoisotopic (exact) mass is 389 g/mol. The lowest BCUT2D eigenvalue weighted by molar-refractivity contribution is 0.414. The number of aromatic nitrogens is 2. The summed E-state index contributed by atoms with van der Waals surface area (Å²) in [6.07, 6.45) is 2.42. The minimum Gasteiger partial charge on any atom is -0.497 e. The summed E-state index contributed by atoms with van der Waals surface area (Å²) < 4.78 is 12.4. The number of rotatable bonds is 7. The van der Waals surface area contributed by atoms with Gasteiger partial charge < -0.3 is 14.5 Å². The van der Waals surface area contributed by atoms with Crippen LogP contribution in [0.5, 0.6) is 5.75 Å². The largest absolute Gasteiger partial charge is 0.497 e. The predicted molar refractivity (Wildman–Crippen MR) is 112 cm³/mol. The summed E-state index contributed by atoms with van der Waals surface area (Å²) in [6, 6.07) is 18.5. The number of benzene rings is 2. The first-order chi connectivity index (χ1) is 14.2. The van der Waals surface area contributed by atoms with Gasteiger partial charge in [-0.25, -0.2) is 4.98 Å². The molecule has 6 nitrogen and oxygen atoms in total. The first-order valence-corrected chi connectivity index (χ1v) is 9.63. The van der Waals surface area contributed by atoms with Gasteiger partial charge in [0, 0.05) is 0 Å². The lowest BCUT2D eigenvalue weighted by Gasteiger charge is -2.21. The van der Waals surface area contributed by atoms with Crippen molar-refractivity contribution in [2.75, 3.05) is 7.11 Å². The van der Waals surface area contributed by atoms with Crippen LogP contribution in [0, 0.1) is 0 Å². The number of nitrogens with zero attached hydrogens (tertiary/aromatic N) is 2. The molecular formula is C23H23N3O3. The third-order valence-corrected chi connectivity index (χ3v) is 4.95. The molecule has 0 saturated heterocycles. The van der Waals surface area contributed by atoms with E-state index in [1.54, 1.807) is 17.9 Å². The van der Waals surface area contributed by atoms with Gasteiger partial charge in [-0.2, -0.15) is 0 Å². The second kappa shape index (κ2) is 8.32. The van der Waals surface area contributed by atoms with E-state index >= 15 is 0 Å². The second-order valence-electron chi connectivity index (χ2n) is 6.75. The van der Waals surface area contributed by atoms with Crippen LogP contribution in [0.2, 0.25) is 0 Å². The van der Waals surface area contributed by atoms with Crippen LogP contribution in [0.25, 0.3) is 16.6 Å². The van der Waals surface area contributed by atoms with Gasteiger partial charge in [-0.15, -0.1) is 0 Å². The van der Waals surface area contributed by atoms with Crippen molar-refractivity contribution in [3.05, 3.63) is 88.9 Å². The van der Waals surface area contributed by atoms with Crippen molar-refractivity contribution >= 4 is 10.9 Å². The lowest BCUT2D eigenvalue weighted by Crippen LogP contribution is -2.31. The molecule has 0 bridgehead atoms. The summed E-state index contributed by atoms with van der Waals surface area (Å²) in [5.74, 6) is 2.25. The Kier molecular flexibility index (Phi) is 5.44. The van der Waals surface area contributed by atoms with Crippen molar-refractivity contribution in [2.45, 2.75) is 25.9 Å². The topological polar surface area (TPSA) is 69.3 Å². The normalized spacial score (nSPS) is 12.2. The molecule has 0 aliphatic rings. The van der Waals surface area contributed by atoms with Crippen LogP contribution in [0.3, 0.4) is 0 Å². The molecular weight excluding hydrogens is 366 g/mol. The molecule has 1 atom stereocenters. The number of nitrogens with one attached hydrogen (secondary N) is 1. The number of hydrogen-bond donors (Lipinski definition) is 1. The van der Waals surface area contributed by atoms with Crippen LogP contribution in [0.4, 0.5) is 0 Å². The maximum Gasteiger partial charge on any atom is 0.266 e. The summed E-state index contributed by atoms with van der Waals surface area (Å²) >= 11 is 0. The van der Waals surface area contributed by atoms with Gasteiger partial charge in [0.1, 0.15) is 17.3 Å².